The number of carboxylic acid groups (broad SMARTS) is 1. The molecule has 3 N–H and O–H groups in total. The minimum absolute atomic E-state index is 0.299. The molecule has 0 saturated heterocycles. The number of benzene rings is 1. The Morgan fingerprint density at radius 2 is 1.81 bits per heavy atom. The molecule has 0 radical (unpaired) electrons. The fraction of sp³-hybridized carbons (Fsp3) is 0.400. The van der Waals surface area contributed by atoms with Gasteiger partial charge >= 0.3 is 12.0 Å². The Bertz CT molecular complexity index is 542. The van der Waals surface area contributed by atoms with Crippen molar-refractivity contribution in [1.29, 1.82) is 5.26 Å². The Balaban J connectivity index is 2.72. The number of amides is 2. The monoisotopic (exact) mass is 289 g/mol. The first-order valence-corrected chi connectivity index (χ1v) is 6.76. The standard InChI is InChI=1S/C15H19N3O3/c1-3-15(4-2,13(19)20)18-14(21)17-12-7-5-11(6-8-12)9-10-16/h5-8H,3-4,9H2,1-2H3,(H,19,20)(H2,17,18,21). The van der Waals surface area contributed by atoms with Crippen LogP contribution in [0, 0.1) is 11.3 Å². The summed E-state index contributed by atoms with van der Waals surface area (Å²) in [5, 5.41) is 23.0. The molecular weight excluding hydrogens is 270 g/mol. The zero-order chi connectivity index (χ0) is 15.9. The van der Waals surface area contributed by atoms with Crippen LogP contribution in [0.5, 0.6) is 0 Å². The molecule has 6 nitrogen and oxygen atoms in total. The fourth-order valence-corrected chi connectivity index (χ4v) is 1.96. The van der Waals surface area contributed by atoms with Gasteiger partial charge in [0.2, 0.25) is 0 Å². The lowest BCUT2D eigenvalue weighted by atomic mass is 9.93. The number of carbonyl (C=O) groups is 2. The molecule has 0 saturated carbocycles. The summed E-state index contributed by atoms with van der Waals surface area (Å²) in [5.74, 6) is -1.05. The number of rotatable bonds is 6. The van der Waals surface area contributed by atoms with E-state index in [0.29, 0.717) is 24.9 Å². The maximum absolute atomic E-state index is 11.9. The number of hydrogen-bond donors (Lipinski definition) is 3. The number of aliphatic carboxylic acids is 1. The lowest BCUT2D eigenvalue weighted by molar-refractivity contribution is -0.144. The maximum atomic E-state index is 11.9. The molecule has 2 amide bonds. The van der Waals surface area contributed by atoms with E-state index in [0.717, 1.165) is 5.56 Å². The van der Waals surface area contributed by atoms with Crippen molar-refractivity contribution in [2.45, 2.75) is 38.6 Å². The Morgan fingerprint density at radius 3 is 2.24 bits per heavy atom. The van der Waals surface area contributed by atoms with E-state index >= 15 is 0 Å². The molecule has 21 heavy (non-hydrogen) atoms. The number of nitrogens with one attached hydrogen (secondary N) is 2. The van der Waals surface area contributed by atoms with Crippen LogP contribution in [0.1, 0.15) is 32.3 Å². The summed E-state index contributed by atoms with van der Waals surface area (Å²) in [6.07, 6.45) is 0.904. The van der Waals surface area contributed by atoms with Crippen LogP contribution < -0.4 is 10.6 Å². The molecule has 0 aliphatic heterocycles. The topological polar surface area (TPSA) is 102 Å². The summed E-state index contributed by atoms with van der Waals surface area (Å²) >= 11 is 0. The van der Waals surface area contributed by atoms with E-state index in [2.05, 4.69) is 10.6 Å². The van der Waals surface area contributed by atoms with Gasteiger partial charge in [0.15, 0.2) is 0 Å². The predicted octanol–water partition coefficient (Wildman–Crippen LogP) is 2.52. The average Bonchev–Trinajstić information content (AvgIpc) is 2.47. The van der Waals surface area contributed by atoms with Crippen molar-refractivity contribution in [2.75, 3.05) is 5.32 Å². The molecule has 0 bridgehead atoms. The molecule has 0 aliphatic rings. The number of nitriles is 1. The summed E-state index contributed by atoms with van der Waals surface area (Å²) in [6.45, 7) is 3.43. The zero-order valence-corrected chi connectivity index (χ0v) is 12.1. The van der Waals surface area contributed by atoms with Crippen molar-refractivity contribution in [3.63, 3.8) is 0 Å². The van der Waals surface area contributed by atoms with Crippen molar-refractivity contribution in [1.82, 2.24) is 5.32 Å². The van der Waals surface area contributed by atoms with Crippen LogP contribution in [0.2, 0.25) is 0 Å². The molecular formula is C15H19N3O3. The SMILES string of the molecule is CCC(CC)(NC(=O)Nc1ccc(CC#N)cc1)C(=O)O. The van der Waals surface area contributed by atoms with Gasteiger partial charge in [-0.1, -0.05) is 26.0 Å². The highest BCUT2D eigenvalue weighted by atomic mass is 16.4. The van der Waals surface area contributed by atoms with Gasteiger partial charge in [-0.2, -0.15) is 5.26 Å². The molecule has 0 aliphatic carbocycles. The number of hydrogen-bond acceptors (Lipinski definition) is 3. The molecule has 1 aromatic rings. The fourth-order valence-electron chi connectivity index (χ4n) is 1.96. The molecule has 112 valence electrons. The normalized spacial score (nSPS) is 10.5. The van der Waals surface area contributed by atoms with Gasteiger partial charge in [-0.05, 0) is 30.5 Å². The first-order valence-electron chi connectivity index (χ1n) is 6.76. The molecule has 0 spiro atoms. The van der Waals surface area contributed by atoms with Gasteiger partial charge in [0.1, 0.15) is 5.54 Å². The minimum Gasteiger partial charge on any atom is -0.480 e. The summed E-state index contributed by atoms with van der Waals surface area (Å²) in [4.78, 5) is 23.2. The van der Waals surface area contributed by atoms with E-state index in [9.17, 15) is 14.7 Å². The second-order valence-corrected chi connectivity index (χ2v) is 4.71. The Morgan fingerprint density at radius 1 is 1.24 bits per heavy atom. The summed E-state index contributed by atoms with van der Waals surface area (Å²) in [5.41, 5.74) is 0.135. The lowest BCUT2D eigenvalue weighted by Gasteiger charge is -2.28. The van der Waals surface area contributed by atoms with Crippen molar-refractivity contribution < 1.29 is 14.7 Å². The predicted molar refractivity (Wildman–Crippen MR) is 78.9 cm³/mol. The highest BCUT2D eigenvalue weighted by Crippen LogP contribution is 2.16. The minimum atomic E-state index is -1.26. The van der Waals surface area contributed by atoms with Crippen LogP contribution in [-0.2, 0) is 11.2 Å². The number of urea groups is 1. The van der Waals surface area contributed by atoms with Crippen LogP contribution in [0.15, 0.2) is 24.3 Å². The molecule has 0 atom stereocenters. The molecule has 0 unspecified atom stereocenters. The van der Waals surface area contributed by atoms with E-state index < -0.39 is 17.5 Å². The number of carbonyl (C=O) groups excluding carboxylic acids is 1. The zero-order valence-electron chi connectivity index (χ0n) is 12.1. The first-order chi connectivity index (χ1) is 9.97. The number of nitrogens with zero attached hydrogens (tertiary/aromatic N) is 1. The van der Waals surface area contributed by atoms with Gasteiger partial charge in [0.25, 0.3) is 0 Å². The van der Waals surface area contributed by atoms with Gasteiger partial charge < -0.3 is 15.7 Å². The summed E-state index contributed by atoms with van der Waals surface area (Å²) < 4.78 is 0. The molecule has 0 fully saturated rings. The summed E-state index contributed by atoms with van der Waals surface area (Å²) in [6, 6.07) is 8.30. The van der Waals surface area contributed by atoms with E-state index in [1.807, 2.05) is 6.07 Å². The van der Waals surface area contributed by atoms with Crippen LogP contribution in [0.3, 0.4) is 0 Å². The van der Waals surface area contributed by atoms with Crippen molar-refractivity contribution in [3.05, 3.63) is 29.8 Å². The van der Waals surface area contributed by atoms with Crippen molar-refractivity contribution in [3.8, 4) is 6.07 Å². The quantitative estimate of drug-likeness (QED) is 0.748. The van der Waals surface area contributed by atoms with Gasteiger partial charge in [-0.15, -0.1) is 0 Å². The van der Waals surface area contributed by atoms with Crippen LogP contribution in [0.4, 0.5) is 10.5 Å². The van der Waals surface area contributed by atoms with Crippen molar-refractivity contribution >= 4 is 17.7 Å². The highest BCUT2D eigenvalue weighted by molar-refractivity contribution is 5.93. The number of anilines is 1. The molecule has 0 aromatic heterocycles. The van der Waals surface area contributed by atoms with Crippen LogP contribution in [0.25, 0.3) is 0 Å². The Hall–Kier alpha value is -2.55. The molecule has 6 heteroatoms. The molecule has 1 aromatic carbocycles. The third kappa shape index (κ3) is 4.21. The van der Waals surface area contributed by atoms with Gasteiger partial charge in [0.05, 0.1) is 12.5 Å². The van der Waals surface area contributed by atoms with E-state index in [-0.39, 0.29) is 0 Å². The smallest absolute Gasteiger partial charge is 0.329 e. The van der Waals surface area contributed by atoms with Gasteiger partial charge in [-0.25, -0.2) is 9.59 Å². The van der Waals surface area contributed by atoms with E-state index in [4.69, 9.17) is 5.26 Å². The van der Waals surface area contributed by atoms with E-state index in [1.54, 1.807) is 38.1 Å². The Labute approximate surface area is 123 Å². The lowest BCUT2D eigenvalue weighted by Crippen LogP contribution is -2.54. The van der Waals surface area contributed by atoms with Crippen molar-refractivity contribution in [2.24, 2.45) is 0 Å². The summed E-state index contributed by atoms with van der Waals surface area (Å²) in [7, 11) is 0. The Kier molecular flexibility index (Phi) is 5.73. The first kappa shape index (κ1) is 16.5. The average molecular weight is 289 g/mol. The third-order valence-corrected chi connectivity index (χ3v) is 3.46. The number of carboxylic acids is 1. The van der Waals surface area contributed by atoms with Crippen LogP contribution in [-0.4, -0.2) is 22.6 Å². The van der Waals surface area contributed by atoms with E-state index in [1.165, 1.54) is 0 Å². The highest BCUT2D eigenvalue weighted by Gasteiger charge is 2.36. The van der Waals surface area contributed by atoms with Gasteiger partial charge in [0, 0.05) is 5.69 Å². The third-order valence-electron chi connectivity index (χ3n) is 3.46. The van der Waals surface area contributed by atoms with Gasteiger partial charge in [-0.3, -0.25) is 0 Å². The second kappa shape index (κ2) is 7.29. The maximum Gasteiger partial charge on any atom is 0.329 e. The molecule has 1 rings (SSSR count). The second-order valence-electron chi connectivity index (χ2n) is 4.71. The largest absolute Gasteiger partial charge is 0.480 e. The molecule has 0 heterocycles. The van der Waals surface area contributed by atoms with Crippen LogP contribution >= 0.6 is 0 Å².